The van der Waals surface area contributed by atoms with Gasteiger partial charge in [-0.15, -0.1) is 0 Å². The molecule has 0 aliphatic heterocycles. The summed E-state index contributed by atoms with van der Waals surface area (Å²) in [4.78, 5) is 17.6. The van der Waals surface area contributed by atoms with Crippen molar-refractivity contribution in [2.24, 2.45) is 4.99 Å². The van der Waals surface area contributed by atoms with Gasteiger partial charge < -0.3 is 9.30 Å². The van der Waals surface area contributed by atoms with Crippen LogP contribution in [0.4, 0.5) is 0 Å². The van der Waals surface area contributed by atoms with Crippen LogP contribution < -0.4 is 9.54 Å². The summed E-state index contributed by atoms with van der Waals surface area (Å²) < 4.78 is 8.46. The number of nitrogens with zero attached hydrogens (tertiary/aromatic N) is 2. The highest BCUT2D eigenvalue weighted by Gasteiger charge is 2.10. The number of methoxy groups -OCH3 is 1. The molecule has 0 spiro atoms. The highest BCUT2D eigenvalue weighted by atomic mass is 32.1. The van der Waals surface area contributed by atoms with E-state index in [9.17, 15) is 4.79 Å². The first kappa shape index (κ1) is 17.4. The molecule has 3 aromatic rings. The Morgan fingerprint density at radius 3 is 2.56 bits per heavy atom. The van der Waals surface area contributed by atoms with Crippen LogP contribution in [0.3, 0.4) is 0 Å². The fraction of sp³-hybridized carbons (Fsp3) is 0.300. The van der Waals surface area contributed by atoms with Crippen molar-refractivity contribution in [2.75, 3.05) is 7.11 Å². The fourth-order valence-corrected chi connectivity index (χ4v) is 4.13. The molecule has 0 bridgehead atoms. The maximum atomic E-state index is 12.4. The van der Waals surface area contributed by atoms with Crippen LogP contribution in [-0.4, -0.2) is 17.6 Å². The van der Waals surface area contributed by atoms with Gasteiger partial charge in [-0.25, -0.2) is 0 Å². The number of ether oxygens (including phenoxy) is 1. The summed E-state index contributed by atoms with van der Waals surface area (Å²) in [6, 6.07) is 11.9. The van der Waals surface area contributed by atoms with E-state index >= 15 is 0 Å². The smallest absolute Gasteiger partial charge is 0.252 e. The van der Waals surface area contributed by atoms with E-state index in [-0.39, 0.29) is 5.91 Å². The summed E-state index contributed by atoms with van der Waals surface area (Å²) in [5, 5.41) is 0. The average molecular weight is 354 g/mol. The minimum atomic E-state index is -0.131. The van der Waals surface area contributed by atoms with Gasteiger partial charge in [0.05, 0.1) is 23.7 Å². The molecule has 5 heteroatoms. The van der Waals surface area contributed by atoms with E-state index in [1.807, 2.05) is 24.3 Å². The van der Waals surface area contributed by atoms with Gasteiger partial charge in [-0.2, -0.15) is 4.99 Å². The van der Waals surface area contributed by atoms with E-state index in [1.54, 1.807) is 18.4 Å². The third-order valence-electron chi connectivity index (χ3n) is 4.17. The predicted octanol–water partition coefficient (Wildman–Crippen LogP) is 4.02. The van der Waals surface area contributed by atoms with Gasteiger partial charge in [0.25, 0.3) is 5.91 Å². The van der Waals surface area contributed by atoms with Crippen LogP contribution in [0.25, 0.3) is 10.2 Å². The third kappa shape index (κ3) is 3.66. The molecule has 0 unspecified atom stereocenters. The van der Waals surface area contributed by atoms with Crippen LogP contribution in [0.15, 0.2) is 41.4 Å². The summed E-state index contributed by atoms with van der Waals surface area (Å²) in [7, 11) is 1.63. The zero-order valence-electron chi connectivity index (χ0n) is 15.0. The first-order valence-corrected chi connectivity index (χ1v) is 9.14. The van der Waals surface area contributed by atoms with Crippen molar-refractivity contribution >= 4 is 27.5 Å². The Morgan fingerprint density at radius 2 is 1.92 bits per heavy atom. The van der Waals surface area contributed by atoms with Crippen molar-refractivity contribution < 1.29 is 9.53 Å². The van der Waals surface area contributed by atoms with Gasteiger partial charge in [0.2, 0.25) is 0 Å². The van der Waals surface area contributed by atoms with E-state index in [4.69, 9.17) is 4.74 Å². The lowest BCUT2D eigenvalue weighted by Gasteiger charge is -2.03. The lowest BCUT2D eigenvalue weighted by molar-refractivity contribution is -0.117. The Hall–Kier alpha value is -2.40. The second kappa shape index (κ2) is 7.23. The van der Waals surface area contributed by atoms with Gasteiger partial charge in [0.15, 0.2) is 4.80 Å². The molecule has 0 saturated carbocycles. The summed E-state index contributed by atoms with van der Waals surface area (Å²) in [5.74, 6) is 0.653. The van der Waals surface area contributed by atoms with Gasteiger partial charge in [-0.05, 0) is 55.7 Å². The Balaban J connectivity index is 1.96. The van der Waals surface area contributed by atoms with Crippen LogP contribution in [0.5, 0.6) is 5.75 Å². The largest absolute Gasteiger partial charge is 0.497 e. The monoisotopic (exact) mass is 354 g/mol. The molecular formula is C20H22N2O2S. The van der Waals surface area contributed by atoms with Crippen molar-refractivity contribution in [3.63, 3.8) is 0 Å². The van der Waals surface area contributed by atoms with E-state index in [0.29, 0.717) is 6.42 Å². The minimum Gasteiger partial charge on any atom is -0.497 e. The van der Waals surface area contributed by atoms with Gasteiger partial charge in [-0.1, -0.05) is 29.5 Å². The number of aromatic nitrogens is 1. The lowest BCUT2D eigenvalue weighted by atomic mass is 10.1. The first-order valence-electron chi connectivity index (χ1n) is 8.33. The molecular weight excluding hydrogens is 332 g/mol. The molecule has 0 aliphatic rings. The van der Waals surface area contributed by atoms with Crippen molar-refractivity contribution in [3.05, 3.63) is 57.9 Å². The van der Waals surface area contributed by atoms with E-state index in [2.05, 4.69) is 42.5 Å². The van der Waals surface area contributed by atoms with Gasteiger partial charge in [0.1, 0.15) is 5.75 Å². The molecule has 1 heterocycles. The number of amides is 1. The predicted molar refractivity (Wildman–Crippen MR) is 102 cm³/mol. The molecule has 3 rings (SSSR count). The SMILES string of the molecule is CCn1c(=NC(=O)Cc2ccc(OC)cc2)sc2c(C)cc(C)cc21. The minimum absolute atomic E-state index is 0.131. The summed E-state index contributed by atoms with van der Waals surface area (Å²) in [6.45, 7) is 7.07. The highest BCUT2D eigenvalue weighted by Crippen LogP contribution is 2.23. The molecule has 0 N–H and O–H groups in total. The van der Waals surface area contributed by atoms with Crippen LogP contribution in [0.1, 0.15) is 23.6 Å². The number of carbonyl (C=O) groups excluding carboxylic acids is 1. The number of benzene rings is 2. The zero-order chi connectivity index (χ0) is 18.0. The molecule has 2 aromatic carbocycles. The number of rotatable bonds is 4. The van der Waals surface area contributed by atoms with Crippen LogP contribution in [0.2, 0.25) is 0 Å². The maximum Gasteiger partial charge on any atom is 0.252 e. The molecule has 1 aromatic heterocycles. The normalized spacial score (nSPS) is 11.9. The van der Waals surface area contributed by atoms with Gasteiger partial charge >= 0.3 is 0 Å². The molecule has 0 atom stereocenters. The van der Waals surface area contributed by atoms with Crippen molar-refractivity contribution in [3.8, 4) is 5.75 Å². The molecule has 4 nitrogen and oxygen atoms in total. The van der Waals surface area contributed by atoms with Gasteiger partial charge in [-0.3, -0.25) is 4.79 Å². The van der Waals surface area contributed by atoms with Crippen LogP contribution >= 0.6 is 11.3 Å². The number of carbonyl (C=O) groups is 1. The zero-order valence-corrected chi connectivity index (χ0v) is 15.8. The quantitative estimate of drug-likeness (QED) is 0.710. The number of aryl methyl sites for hydroxylation is 3. The van der Waals surface area contributed by atoms with E-state index < -0.39 is 0 Å². The summed E-state index contributed by atoms with van der Waals surface area (Å²) in [6.07, 6.45) is 0.292. The Bertz CT molecular complexity index is 981. The standard InChI is InChI=1S/C20H22N2O2S/c1-5-22-17-11-13(2)10-14(3)19(17)25-20(22)21-18(23)12-15-6-8-16(24-4)9-7-15/h6-11H,5,12H2,1-4H3. The van der Waals surface area contributed by atoms with E-state index in [0.717, 1.165) is 28.2 Å². The van der Waals surface area contributed by atoms with E-state index in [1.165, 1.54) is 15.8 Å². The maximum absolute atomic E-state index is 12.4. The summed E-state index contributed by atoms with van der Waals surface area (Å²) in [5.41, 5.74) is 4.54. The van der Waals surface area contributed by atoms with Crippen LogP contribution in [-0.2, 0) is 17.8 Å². The number of fused-ring (bicyclic) bond motifs is 1. The molecule has 0 radical (unpaired) electrons. The number of hydrogen-bond donors (Lipinski definition) is 0. The van der Waals surface area contributed by atoms with Gasteiger partial charge in [0, 0.05) is 6.54 Å². The second-order valence-electron chi connectivity index (χ2n) is 6.09. The van der Waals surface area contributed by atoms with Crippen molar-refractivity contribution in [1.82, 2.24) is 4.57 Å². The number of thiazole rings is 1. The Labute approximate surface area is 151 Å². The third-order valence-corrected chi connectivity index (χ3v) is 5.39. The molecule has 0 aliphatic carbocycles. The fourth-order valence-electron chi connectivity index (χ4n) is 2.97. The molecule has 1 amide bonds. The topological polar surface area (TPSA) is 43.6 Å². The Kier molecular flexibility index (Phi) is 5.04. The first-order chi connectivity index (χ1) is 12.0. The highest BCUT2D eigenvalue weighted by molar-refractivity contribution is 7.16. The Morgan fingerprint density at radius 1 is 1.20 bits per heavy atom. The summed E-state index contributed by atoms with van der Waals surface area (Å²) >= 11 is 1.58. The average Bonchev–Trinajstić information content (AvgIpc) is 2.92. The second-order valence-corrected chi connectivity index (χ2v) is 7.07. The molecule has 0 saturated heterocycles. The number of hydrogen-bond acceptors (Lipinski definition) is 3. The van der Waals surface area contributed by atoms with Crippen molar-refractivity contribution in [2.45, 2.75) is 33.7 Å². The van der Waals surface area contributed by atoms with Crippen LogP contribution in [0, 0.1) is 13.8 Å². The lowest BCUT2D eigenvalue weighted by Crippen LogP contribution is -2.16. The van der Waals surface area contributed by atoms with Crippen molar-refractivity contribution in [1.29, 1.82) is 0 Å². The molecule has 0 fully saturated rings. The molecule has 130 valence electrons. The molecule has 25 heavy (non-hydrogen) atoms.